The summed E-state index contributed by atoms with van der Waals surface area (Å²) >= 11 is 5.64. The van der Waals surface area contributed by atoms with Crippen LogP contribution in [0.25, 0.3) is 0 Å². The molecule has 0 aromatic heterocycles. The van der Waals surface area contributed by atoms with Crippen LogP contribution in [-0.2, 0) is 4.79 Å². The second-order valence-electron chi connectivity index (χ2n) is 4.30. The number of rotatable bonds is 5. The lowest BCUT2D eigenvalue weighted by Gasteiger charge is -2.15. The molecule has 0 amide bonds. The largest absolute Gasteiger partial charge is 0.480 e. The van der Waals surface area contributed by atoms with E-state index in [1.54, 1.807) is 0 Å². The van der Waals surface area contributed by atoms with E-state index in [1.807, 2.05) is 0 Å². The van der Waals surface area contributed by atoms with Gasteiger partial charge in [-0.2, -0.15) is 0 Å². The van der Waals surface area contributed by atoms with Gasteiger partial charge in [-0.25, -0.2) is 4.39 Å². The van der Waals surface area contributed by atoms with Crippen molar-refractivity contribution in [2.45, 2.75) is 18.9 Å². The van der Waals surface area contributed by atoms with E-state index in [1.165, 1.54) is 18.2 Å². The summed E-state index contributed by atoms with van der Waals surface area (Å²) in [7, 11) is 0. The number of hydrogen-bond acceptors (Lipinski definition) is 2. The van der Waals surface area contributed by atoms with Gasteiger partial charge >= 0.3 is 5.97 Å². The van der Waals surface area contributed by atoms with Crippen LogP contribution in [0.3, 0.4) is 0 Å². The highest BCUT2D eigenvalue weighted by atomic mass is 35.5. The van der Waals surface area contributed by atoms with Gasteiger partial charge in [0, 0.05) is 0 Å². The van der Waals surface area contributed by atoms with Crippen molar-refractivity contribution in [1.29, 1.82) is 0 Å². The molecule has 0 radical (unpaired) electrons. The molecular weight excluding hydrogens is 245 g/mol. The predicted octanol–water partition coefficient (Wildman–Crippen LogP) is 2.60. The molecule has 1 saturated carbocycles. The van der Waals surface area contributed by atoms with Gasteiger partial charge in [0.15, 0.2) is 0 Å². The summed E-state index contributed by atoms with van der Waals surface area (Å²) in [6.45, 7) is 0.673. The number of carboxylic acids is 1. The van der Waals surface area contributed by atoms with Gasteiger partial charge in [-0.1, -0.05) is 17.7 Å². The molecule has 5 heteroatoms. The zero-order chi connectivity index (χ0) is 12.4. The third kappa shape index (κ3) is 3.17. The van der Waals surface area contributed by atoms with Gasteiger partial charge in [-0.05, 0) is 43.0 Å². The van der Waals surface area contributed by atoms with Gasteiger partial charge in [0.1, 0.15) is 11.9 Å². The summed E-state index contributed by atoms with van der Waals surface area (Å²) in [6, 6.07) is 3.16. The highest BCUT2D eigenvalue weighted by Crippen LogP contribution is 2.29. The van der Waals surface area contributed by atoms with Crippen LogP contribution in [0.4, 0.5) is 4.39 Å². The van der Waals surface area contributed by atoms with E-state index in [2.05, 4.69) is 5.32 Å². The Hall–Kier alpha value is -1.13. The van der Waals surface area contributed by atoms with Gasteiger partial charge in [-0.3, -0.25) is 4.79 Å². The van der Waals surface area contributed by atoms with E-state index < -0.39 is 17.8 Å². The fourth-order valence-electron chi connectivity index (χ4n) is 1.65. The summed E-state index contributed by atoms with van der Waals surface area (Å²) < 4.78 is 13.0. The average molecular weight is 258 g/mol. The zero-order valence-corrected chi connectivity index (χ0v) is 9.88. The number of carbonyl (C=O) groups is 1. The number of nitrogens with one attached hydrogen (secondary N) is 1. The topological polar surface area (TPSA) is 49.3 Å². The van der Waals surface area contributed by atoms with Crippen molar-refractivity contribution in [3.05, 3.63) is 34.6 Å². The fourth-order valence-corrected chi connectivity index (χ4v) is 1.84. The van der Waals surface area contributed by atoms with Crippen molar-refractivity contribution in [2.24, 2.45) is 5.92 Å². The Morgan fingerprint density at radius 1 is 1.59 bits per heavy atom. The molecule has 1 aromatic carbocycles. The van der Waals surface area contributed by atoms with Crippen LogP contribution >= 0.6 is 11.6 Å². The zero-order valence-electron chi connectivity index (χ0n) is 9.12. The molecule has 1 aromatic rings. The van der Waals surface area contributed by atoms with Gasteiger partial charge in [0.25, 0.3) is 0 Å². The third-order valence-electron chi connectivity index (χ3n) is 2.83. The van der Waals surface area contributed by atoms with Crippen LogP contribution in [0.2, 0.25) is 5.02 Å². The van der Waals surface area contributed by atoms with Gasteiger partial charge < -0.3 is 10.4 Å². The molecule has 0 saturated heterocycles. The second kappa shape index (κ2) is 5.02. The monoisotopic (exact) mass is 257 g/mol. The van der Waals surface area contributed by atoms with E-state index in [-0.39, 0.29) is 5.02 Å². The lowest BCUT2D eigenvalue weighted by Crippen LogP contribution is -2.30. The fraction of sp³-hybridized carbons (Fsp3) is 0.417. The molecule has 2 N–H and O–H groups in total. The minimum atomic E-state index is -0.978. The van der Waals surface area contributed by atoms with Crippen LogP contribution in [0.15, 0.2) is 18.2 Å². The molecule has 2 rings (SSSR count). The molecule has 1 fully saturated rings. The van der Waals surface area contributed by atoms with Gasteiger partial charge in [-0.15, -0.1) is 0 Å². The highest BCUT2D eigenvalue weighted by molar-refractivity contribution is 6.30. The normalized spacial score (nSPS) is 16.8. The Morgan fingerprint density at radius 3 is 2.82 bits per heavy atom. The van der Waals surface area contributed by atoms with E-state index in [0.29, 0.717) is 18.0 Å². The third-order valence-corrected chi connectivity index (χ3v) is 3.12. The molecule has 3 nitrogen and oxygen atoms in total. The summed E-state index contributed by atoms with van der Waals surface area (Å²) in [5, 5.41) is 12.0. The number of hydrogen-bond donors (Lipinski definition) is 2. The number of benzene rings is 1. The number of carboxylic acid groups (broad SMARTS) is 1. The van der Waals surface area contributed by atoms with Crippen LogP contribution in [0, 0.1) is 11.7 Å². The minimum absolute atomic E-state index is 0.0537. The Kier molecular flexibility index (Phi) is 3.64. The Bertz CT molecular complexity index is 435. The van der Waals surface area contributed by atoms with Crippen molar-refractivity contribution in [2.75, 3.05) is 6.54 Å². The minimum Gasteiger partial charge on any atom is -0.480 e. The number of halogens is 2. The van der Waals surface area contributed by atoms with Crippen molar-refractivity contribution in [3.8, 4) is 0 Å². The molecule has 1 aliphatic rings. The van der Waals surface area contributed by atoms with Crippen LogP contribution in [0.1, 0.15) is 24.4 Å². The lowest BCUT2D eigenvalue weighted by atomic mass is 10.1. The maximum absolute atomic E-state index is 13.0. The first-order chi connectivity index (χ1) is 8.08. The van der Waals surface area contributed by atoms with Crippen LogP contribution in [-0.4, -0.2) is 17.6 Å². The predicted molar refractivity (Wildman–Crippen MR) is 62.5 cm³/mol. The Labute approximate surface area is 104 Å². The standard InChI is InChI=1S/C12H13ClFNO2/c13-9-5-8(3-4-10(9)14)11(12(16)17)15-6-7-1-2-7/h3-5,7,11,15H,1-2,6H2,(H,16,17). The van der Waals surface area contributed by atoms with Gasteiger partial charge in [0.05, 0.1) is 5.02 Å². The van der Waals surface area contributed by atoms with Gasteiger partial charge in [0.2, 0.25) is 0 Å². The van der Waals surface area contributed by atoms with Crippen LogP contribution < -0.4 is 5.32 Å². The molecule has 1 atom stereocenters. The lowest BCUT2D eigenvalue weighted by molar-refractivity contribution is -0.139. The first kappa shape index (κ1) is 12.3. The number of aliphatic carboxylic acids is 1. The summed E-state index contributed by atoms with van der Waals surface area (Å²) in [5.74, 6) is -0.942. The summed E-state index contributed by atoms with van der Waals surface area (Å²) in [4.78, 5) is 11.1. The quantitative estimate of drug-likeness (QED) is 0.853. The summed E-state index contributed by atoms with van der Waals surface area (Å²) in [5.41, 5.74) is 0.476. The first-order valence-corrected chi connectivity index (χ1v) is 5.87. The van der Waals surface area contributed by atoms with E-state index in [4.69, 9.17) is 16.7 Å². The van der Waals surface area contributed by atoms with Crippen LogP contribution in [0.5, 0.6) is 0 Å². The highest BCUT2D eigenvalue weighted by Gasteiger charge is 2.26. The smallest absolute Gasteiger partial charge is 0.325 e. The second-order valence-corrected chi connectivity index (χ2v) is 4.70. The average Bonchev–Trinajstić information content (AvgIpc) is 3.07. The Morgan fingerprint density at radius 2 is 2.29 bits per heavy atom. The molecule has 0 bridgehead atoms. The molecule has 0 spiro atoms. The molecule has 1 unspecified atom stereocenters. The Balaban J connectivity index is 2.12. The first-order valence-electron chi connectivity index (χ1n) is 5.49. The van der Waals surface area contributed by atoms with Crippen molar-refractivity contribution in [3.63, 3.8) is 0 Å². The maximum atomic E-state index is 13.0. The van der Waals surface area contributed by atoms with Crippen molar-refractivity contribution in [1.82, 2.24) is 5.32 Å². The van der Waals surface area contributed by atoms with E-state index in [9.17, 15) is 9.18 Å². The molecule has 0 heterocycles. The molecular formula is C12H13ClFNO2. The van der Waals surface area contributed by atoms with Crippen molar-refractivity contribution >= 4 is 17.6 Å². The van der Waals surface area contributed by atoms with Crippen molar-refractivity contribution < 1.29 is 14.3 Å². The maximum Gasteiger partial charge on any atom is 0.325 e. The SMILES string of the molecule is O=C(O)C(NCC1CC1)c1ccc(F)c(Cl)c1. The molecule has 17 heavy (non-hydrogen) atoms. The van der Waals surface area contributed by atoms with E-state index in [0.717, 1.165) is 12.8 Å². The molecule has 0 aliphatic heterocycles. The summed E-state index contributed by atoms with van der Waals surface area (Å²) in [6.07, 6.45) is 2.28. The molecule has 1 aliphatic carbocycles. The molecule has 92 valence electrons. The van der Waals surface area contributed by atoms with E-state index >= 15 is 0 Å².